The van der Waals surface area contributed by atoms with Crippen molar-refractivity contribution in [2.75, 3.05) is 55.9 Å². The Bertz CT molecular complexity index is 1500. The molecule has 2 aromatic carbocycles. The highest BCUT2D eigenvalue weighted by molar-refractivity contribution is 5.86. The molecule has 1 aliphatic heterocycles. The first-order chi connectivity index (χ1) is 19.3. The van der Waals surface area contributed by atoms with Crippen molar-refractivity contribution >= 4 is 29.1 Å². The van der Waals surface area contributed by atoms with Crippen LogP contribution in [0.1, 0.15) is 0 Å². The van der Waals surface area contributed by atoms with Crippen LogP contribution in [0.3, 0.4) is 0 Å². The maximum absolute atomic E-state index is 13.9. The van der Waals surface area contributed by atoms with E-state index in [-0.39, 0.29) is 5.75 Å². The Kier molecular flexibility index (Phi) is 7.78. The van der Waals surface area contributed by atoms with Crippen molar-refractivity contribution in [1.29, 1.82) is 0 Å². The number of ether oxygens (including phenoxy) is 2. The molecule has 208 valence electrons. The lowest BCUT2D eigenvalue weighted by atomic mass is 10.2. The number of carbonyl (C=O) groups is 1. The topological polar surface area (TPSA) is 96.8 Å². The zero-order chi connectivity index (χ0) is 28.2. The minimum Gasteiger partial charge on any atom is -0.494 e. The second-order valence-electron chi connectivity index (χ2n) is 9.35. The SMILES string of the molecule is COc1cc(N2CCN(C)CC2)ccc1Nc1nccc(-c2cc(OC(=O)Nc3c(F)cccc3F)cn2C)n1. The molecule has 0 bridgehead atoms. The molecule has 0 saturated carbocycles. The number of rotatable bonds is 7. The van der Waals surface area contributed by atoms with Gasteiger partial charge in [0.25, 0.3) is 0 Å². The van der Waals surface area contributed by atoms with E-state index in [0.717, 1.165) is 44.0 Å². The summed E-state index contributed by atoms with van der Waals surface area (Å²) in [5.74, 6) is -0.632. The number of aromatic nitrogens is 3. The largest absolute Gasteiger partial charge is 0.494 e. The summed E-state index contributed by atoms with van der Waals surface area (Å²) < 4.78 is 40.3. The number of halogens is 2. The Balaban J connectivity index is 1.30. The minimum absolute atomic E-state index is 0.168. The number of nitrogens with zero attached hydrogens (tertiary/aromatic N) is 5. The van der Waals surface area contributed by atoms with E-state index in [1.807, 2.05) is 18.2 Å². The fraction of sp³-hybridized carbons (Fsp3) is 0.250. The molecular formula is C28H29F2N7O3. The van der Waals surface area contributed by atoms with Gasteiger partial charge >= 0.3 is 6.09 Å². The lowest BCUT2D eigenvalue weighted by molar-refractivity contribution is 0.215. The number of hydrogen-bond acceptors (Lipinski definition) is 8. The number of nitrogens with one attached hydrogen (secondary N) is 2. The van der Waals surface area contributed by atoms with Crippen molar-refractivity contribution in [3.8, 4) is 22.9 Å². The summed E-state index contributed by atoms with van der Waals surface area (Å²) in [4.78, 5) is 25.8. The van der Waals surface area contributed by atoms with Gasteiger partial charge in [-0.15, -0.1) is 0 Å². The quantitative estimate of drug-likeness (QED) is 0.337. The molecule has 2 N–H and O–H groups in total. The highest BCUT2D eigenvalue weighted by Gasteiger charge is 2.18. The van der Waals surface area contributed by atoms with Crippen LogP contribution >= 0.6 is 0 Å². The zero-order valence-electron chi connectivity index (χ0n) is 22.3. The summed E-state index contributed by atoms with van der Waals surface area (Å²) in [7, 11) is 5.50. The minimum atomic E-state index is -1.03. The number of para-hydroxylation sites is 1. The first kappa shape index (κ1) is 26.9. The highest BCUT2D eigenvalue weighted by Crippen LogP contribution is 2.32. The molecule has 1 fully saturated rings. The number of benzene rings is 2. The Morgan fingerprint density at radius 1 is 1.00 bits per heavy atom. The van der Waals surface area contributed by atoms with Crippen LogP contribution in [0.2, 0.25) is 0 Å². The fourth-order valence-corrected chi connectivity index (χ4v) is 4.42. The number of likely N-dealkylation sites (N-methyl/N-ethyl adjacent to an activating group) is 1. The molecule has 0 unspecified atom stereocenters. The summed E-state index contributed by atoms with van der Waals surface area (Å²) in [5.41, 5.74) is 2.40. The van der Waals surface area contributed by atoms with Gasteiger partial charge in [0, 0.05) is 63.4 Å². The van der Waals surface area contributed by atoms with E-state index in [4.69, 9.17) is 9.47 Å². The number of amides is 1. The van der Waals surface area contributed by atoms with Crippen LogP contribution < -0.4 is 25.0 Å². The molecule has 2 aromatic heterocycles. The van der Waals surface area contributed by atoms with Crippen molar-refractivity contribution in [2.45, 2.75) is 0 Å². The van der Waals surface area contributed by atoms with Crippen LogP contribution in [0.5, 0.6) is 11.5 Å². The number of carbonyl (C=O) groups excluding carboxylic acids is 1. The van der Waals surface area contributed by atoms with E-state index in [0.29, 0.717) is 28.8 Å². The summed E-state index contributed by atoms with van der Waals surface area (Å²) in [6.07, 6.45) is 2.14. The first-order valence-electron chi connectivity index (χ1n) is 12.6. The third kappa shape index (κ3) is 5.96. The average Bonchev–Trinajstić information content (AvgIpc) is 3.31. The summed E-state index contributed by atoms with van der Waals surface area (Å²) in [6, 6.07) is 12.6. The fourth-order valence-electron chi connectivity index (χ4n) is 4.42. The Hall–Kier alpha value is -4.71. The second kappa shape index (κ2) is 11.6. The predicted molar refractivity (Wildman–Crippen MR) is 148 cm³/mol. The molecule has 0 atom stereocenters. The molecule has 1 aliphatic rings. The summed E-state index contributed by atoms with van der Waals surface area (Å²) >= 11 is 0. The number of hydrogen-bond donors (Lipinski definition) is 2. The van der Waals surface area contributed by atoms with Gasteiger partial charge in [-0.1, -0.05) is 6.07 Å². The molecule has 0 spiro atoms. The van der Waals surface area contributed by atoms with Crippen LogP contribution in [-0.2, 0) is 7.05 Å². The van der Waals surface area contributed by atoms with Gasteiger partial charge < -0.3 is 29.2 Å². The van der Waals surface area contributed by atoms with Crippen LogP contribution in [0.15, 0.2) is 60.9 Å². The van der Waals surface area contributed by atoms with E-state index < -0.39 is 23.4 Å². The Morgan fingerprint density at radius 3 is 2.48 bits per heavy atom. The molecular weight excluding hydrogens is 520 g/mol. The highest BCUT2D eigenvalue weighted by atomic mass is 19.1. The standard InChI is InChI=1S/C28H29F2N7O3/c1-35-11-13-37(14-12-35)18-7-8-23(25(15-18)39-3)33-27-31-10-9-22(32-27)24-16-19(17-36(24)2)40-28(38)34-26-20(29)5-4-6-21(26)30/h4-10,15-17H,11-14H2,1-3H3,(H,34,38)(H,31,32,33). The Labute approximate surface area is 230 Å². The zero-order valence-corrected chi connectivity index (χ0v) is 22.3. The average molecular weight is 550 g/mol. The molecule has 10 nitrogen and oxygen atoms in total. The predicted octanol–water partition coefficient (Wildman–Crippen LogP) is 4.88. The number of methoxy groups -OCH3 is 1. The monoisotopic (exact) mass is 549 g/mol. The van der Waals surface area contributed by atoms with Crippen molar-refractivity contribution in [3.05, 3.63) is 72.6 Å². The lowest BCUT2D eigenvalue weighted by Gasteiger charge is -2.34. The first-order valence-corrected chi connectivity index (χ1v) is 12.6. The number of piperazine rings is 1. The summed E-state index contributed by atoms with van der Waals surface area (Å²) in [6.45, 7) is 3.90. The number of anilines is 4. The van der Waals surface area contributed by atoms with Gasteiger partial charge in [0.2, 0.25) is 5.95 Å². The molecule has 0 radical (unpaired) electrons. The van der Waals surface area contributed by atoms with E-state index in [9.17, 15) is 13.6 Å². The van der Waals surface area contributed by atoms with Crippen molar-refractivity contribution in [2.24, 2.45) is 7.05 Å². The van der Waals surface area contributed by atoms with Gasteiger partial charge in [-0.2, -0.15) is 0 Å². The van der Waals surface area contributed by atoms with Crippen LogP contribution in [-0.4, -0.2) is 65.9 Å². The van der Waals surface area contributed by atoms with Gasteiger partial charge in [-0.3, -0.25) is 5.32 Å². The molecule has 4 aromatic rings. The third-order valence-electron chi connectivity index (χ3n) is 6.60. The number of aryl methyl sites for hydroxylation is 1. The lowest BCUT2D eigenvalue weighted by Crippen LogP contribution is -2.44. The molecule has 40 heavy (non-hydrogen) atoms. The summed E-state index contributed by atoms with van der Waals surface area (Å²) in [5, 5.41) is 5.31. The van der Waals surface area contributed by atoms with Gasteiger partial charge in [0.1, 0.15) is 23.1 Å². The van der Waals surface area contributed by atoms with Gasteiger partial charge in [0.05, 0.1) is 24.2 Å². The van der Waals surface area contributed by atoms with Gasteiger partial charge in [-0.25, -0.2) is 23.5 Å². The Morgan fingerprint density at radius 2 is 1.75 bits per heavy atom. The van der Waals surface area contributed by atoms with E-state index in [1.54, 1.807) is 43.3 Å². The normalized spacial score (nSPS) is 13.7. The molecule has 1 amide bonds. The molecule has 0 aliphatic carbocycles. The van der Waals surface area contributed by atoms with E-state index in [1.165, 1.54) is 6.07 Å². The van der Waals surface area contributed by atoms with Crippen molar-refractivity contribution in [3.63, 3.8) is 0 Å². The smallest absolute Gasteiger partial charge is 0.417 e. The second-order valence-corrected chi connectivity index (χ2v) is 9.35. The molecule has 12 heteroatoms. The third-order valence-corrected chi connectivity index (χ3v) is 6.60. The van der Waals surface area contributed by atoms with Crippen LogP contribution in [0.4, 0.5) is 36.6 Å². The van der Waals surface area contributed by atoms with Crippen molar-refractivity contribution < 1.29 is 23.0 Å². The van der Waals surface area contributed by atoms with Crippen LogP contribution in [0.25, 0.3) is 11.4 Å². The van der Waals surface area contributed by atoms with Gasteiger partial charge in [0.15, 0.2) is 5.75 Å². The molecule has 3 heterocycles. The van der Waals surface area contributed by atoms with Gasteiger partial charge in [-0.05, 0) is 37.4 Å². The molecule has 1 saturated heterocycles. The molecule has 5 rings (SSSR count). The van der Waals surface area contributed by atoms with Crippen LogP contribution in [0, 0.1) is 11.6 Å². The maximum Gasteiger partial charge on any atom is 0.417 e. The van der Waals surface area contributed by atoms with E-state index in [2.05, 4.69) is 37.4 Å². The van der Waals surface area contributed by atoms with Crippen molar-refractivity contribution in [1.82, 2.24) is 19.4 Å². The maximum atomic E-state index is 13.9. The van der Waals surface area contributed by atoms with E-state index >= 15 is 0 Å².